The van der Waals surface area contributed by atoms with Crippen LogP contribution in [0.15, 0.2) is 18.5 Å². The molecule has 0 atom stereocenters. The Labute approximate surface area is 121 Å². The van der Waals surface area contributed by atoms with Crippen molar-refractivity contribution in [2.45, 2.75) is 33.6 Å². The van der Waals surface area contributed by atoms with E-state index in [2.05, 4.69) is 16.8 Å². The first kappa shape index (κ1) is 14.8. The number of amides is 1. The maximum atomic E-state index is 12.4. The second kappa shape index (κ2) is 6.73. The molecule has 1 aromatic rings. The Morgan fingerprint density at radius 1 is 1.30 bits per heavy atom. The van der Waals surface area contributed by atoms with Gasteiger partial charge in [-0.05, 0) is 38.7 Å². The van der Waals surface area contributed by atoms with Crippen LogP contribution in [0.4, 0.5) is 5.69 Å². The van der Waals surface area contributed by atoms with E-state index in [1.807, 2.05) is 31.0 Å². The minimum Gasteiger partial charge on any atom is -0.370 e. The third-order valence-corrected chi connectivity index (χ3v) is 4.17. The first-order chi connectivity index (χ1) is 9.65. The molecule has 1 amide bonds. The highest BCUT2D eigenvalue weighted by Crippen LogP contribution is 2.23. The fraction of sp³-hybridized carbons (Fsp3) is 0.625. The average Bonchev–Trinajstić information content (AvgIpc) is 2.49. The summed E-state index contributed by atoms with van der Waals surface area (Å²) in [6.07, 6.45) is 5.98. The third-order valence-electron chi connectivity index (χ3n) is 4.17. The molecule has 20 heavy (non-hydrogen) atoms. The van der Waals surface area contributed by atoms with Gasteiger partial charge in [-0.25, -0.2) is 0 Å². The summed E-state index contributed by atoms with van der Waals surface area (Å²) in [5.74, 6) is 0.884. The summed E-state index contributed by atoms with van der Waals surface area (Å²) in [5.41, 5.74) is 1.78. The molecule has 2 heterocycles. The zero-order valence-electron chi connectivity index (χ0n) is 12.8. The van der Waals surface area contributed by atoms with Crippen molar-refractivity contribution in [2.75, 3.05) is 31.1 Å². The van der Waals surface area contributed by atoms with Crippen molar-refractivity contribution in [1.82, 2.24) is 9.88 Å². The van der Waals surface area contributed by atoms with E-state index in [1.54, 1.807) is 6.20 Å². The quantitative estimate of drug-likeness (QED) is 0.848. The number of piperidine rings is 1. The van der Waals surface area contributed by atoms with E-state index >= 15 is 0 Å². The molecule has 0 aromatic carbocycles. The number of anilines is 1. The van der Waals surface area contributed by atoms with E-state index in [1.165, 1.54) is 12.8 Å². The van der Waals surface area contributed by atoms with E-state index in [0.29, 0.717) is 5.56 Å². The SMILES string of the molecule is CCN(CC)C(=O)c1cncc(N2CCC(C)CC2)c1. The molecule has 1 aliphatic rings. The molecular formula is C16H25N3O. The van der Waals surface area contributed by atoms with Crippen LogP contribution in [0.2, 0.25) is 0 Å². The Morgan fingerprint density at radius 3 is 2.55 bits per heavy atom. The summed E-state index contributed by atoms with van der Waals surface area (Å²) in [5, 5.41) is 0. The van der Waals surface area contributed by atoms with Crippen LogP contribution in [0.25, 0.3) is 0 Å². The number of pyridine rings is 1. The molecule has 0 spiro atoms. The highest BCUT2D eigenvalue weighted by atomic mass is 16.2. The first-order valence-electron chi connectivity index (χ1n) is 7.65. The molecule has 2 rings (SSSR count). The monoisotopic (exact) mass is 275 g/mol. The van der Waals surface area contributed by atoms with Gasteiger partial charge in [-0.2, -0.15) is 0 Å². The lowest BCUT2D eigenvalue weighted by atomic mass is 9.99. The number of nitrogens with zero attached hydrogens (tertiary/aromatic N) is 3. The first-order valence-corrected chi connectivity index (χ1v) is 7.65. The van der Waals surface area contributed by atoms with E-state index < -0.39 is 0 Å². The van der Waals surface area contributed by atoms with Crippen LogP contribution in [-0.2, 0) is 0 Å². The largest absolute Gasteiger partial charge is 0.370 e. The molecule has 0 aliphatic carbocycles. The minimum atomic E-state index is 0.0785. The van der Waals surface area contributed by atoms with Crippen LogP contribution in [0.5, 0.6) is 0 Å². The molecule has 1 aliphatic heterocycles. The van der Waals surface area contributed by atoms with Crippen LogP contribution < -0.4 is 4.90 Å². The van der Waals surface area contributed by atoms with Crippen LogP contribution in [0.1, 0.15) is 44.0 Å². The van der Waals surface area contributed by atoms with Crippen LogP contribution in [0, 0.1) is 5.92 Å². The van der Waals surface area contributed by atoms with E-state index in [4.69, 9.17) is 0 Å². The van der Waals surface area contributed by atoms with Gasteiger partial charge in [0.05, 0.1) is 17.4 Å². The Balaban J connectivity index is 2.13. The van der Waals surface area contributed by atoms with Gasteiger partial charge in [0.15, 0.2) is 0 Å². The zero-order valence-corrected chi connectivity index (χ0v) is 12.8. The van der Waals surface area contributed by atoms with Gasteiger partial charge in [-0.3, -0.25) is 9.78 Å². The van der Waals surface area contributed by atoms with Gasteiger partial charge >= 0.3 is 0 Å². The van der Waals surface area contributed by atoms with Gasteiger partial charge in [0.25, 0.3) is 5.91 Å². The molecule has 0 N–H and O–H groups in total. The molecule has 0 bridgehead atoms. The Morgan fingerprint density at radius 2 is 1.95 bits per heavy atom. The fourth-order valence-electron chi connectivity index (χ4n) is 2.68. The van der Waals surface area contributed by atoms with Crippen molar-refractivity contribution in [3.63, 3.8) is 0 Å². The molecular weight excluding hydrogens is 250 g/mol. The maximum absolute atomic E-state index is 12.4. The van der Waals surface area contributed by atoms with Crippen molar-refractivity contribution in [2.24, 2.45) is 5.92 Å². The summed E-state index contributed by atoms with van der Waals surface area (Å²) in [6, 6.07) is 1.99. The van der Waals surface area contributed by atoms with Gasteiger partial charge < -0.3 is 9.80 Å². The normalized spacial score (nSPS) is 16.2. The molecule has 1 fully saturated rings. The Bertz CT molecular complexity index is 449. The van der Waals surface area contributed by atoms with Crippen LogP contribution in [-0.4, -0.2) is 42.0 Å². The smallest absolute Gasteiger partial charge is 0.255 e. The number of carbonyl (C=O) groups excluding carboxylic acids is 1. The van der Waals surface area contributed by atoms with Gasteiger partial charge in [-0.15, -0.1) is 0 Å². The summed E-state index contributed by atoms with van der Waals surface area (Å²) >= 11 is 0. The minimum absolute atomic E-state index is 0.0785. The molecule has 0 radical (unpaired) electrons. The van der Waals surface area contributed by atoms with Crippen LogP contribution in [0.3, 0.4) is 0 Å². The number of carbonyl (C=O) groups is 1. The molecule has 4 nitrogen and oxygen atoms in total. The summed E-state index contributed by atoms with van der Waals surface area (Å²) in [6.45, 7) is 9.91. The molecule has 1 saturated heterocycles. The number of hydrogen-bond donors (Lipinski definition) is 0. The molecule has 0 saturated carbocycles. The van der Waals surface area contributed by atoms with Crippen molar-refractivity contribution in [1.29, 1.82) is 0 Å². The highest BCUT2D eigenvalue weighted by Gasteiger charge is 2.18. The van der Waals surface area contributed by atoms with Gasteiger partial charge in [0, 0.05) is 32.4 Å². The predicted octanol–water partition coefficient (Wildman–Crippen LogP) is 2.80. The van der Waals surface area contributed by atoms with Gasteiger partial charge in [0.1, 0.15) is 0 Å². The van der Waals surface area contributed by atoms with Gasteiger partial charge in [0.2, 0.25) is 0 Å². The Hall–Kier alpha value is -1.58. The number of hydrogen-bond acceptors (Lipinski definition) is 3. The van der Waals surface area contributed by atoms with E-state index in [0.717, 1.165) is 37.8 Å². The van der Waals surface area contributed by atoms with E-state index in [9.17, 15) is 4.79 Å². The number of aromatic nitrogens is 1. The third kappa shape index (κ3) is 3.30. The zero-order chi connectivity index (χ0) is 14.5. The van der Waals surface area contributed by atoms with Crippen molar-refractivity contribution in [3.05, 3.63) is 24.0 Å². The highest BCUT2D eigenvalue weighted by molar-refractivity contribution is 5.94. The topological polar surface area (TPSA) is 36.4 Å². The Kier molecular flexibility index (Phi) is 4.99. The molecule has 0 unspecified atom stereocenters. The van der Waals surface area contributed by atoms with Crippen molar-refractivity contribution < 1.29 is 4.79 Å². The van der Waals surface area contributed by atoms with E-state index in [-0.39, 0.29) is 5.91 Å². The second-order valence-electron chi connectivity index (χ2n) is 5.58. The lowest BCUT2D eigenvalue weighted by Crippen LogP contribution is -2.33. The second-order valence-corrected chi connectivity index (χ2v) is 5.58. The number of rotatable bonds is 4. The van der Waals surface area contributed by atoms with Gasteiger partial charge in [-0.1, -0.05) is 6.92 Å². The summed E-state index contributed by atoms with van der Waals surface area (Å²) in [7, 11) is 0. The maximum Gasteiger partial charge on any atom is 0.255 e. The average molecular weight is 275 g/mol. The molecule has 4 heteroatoms. The fourth-order valence-corrected chi connectivity index (χ4v) is 2.68. The standard InChI is InChI=1S/C16H25N3O/c1-4-18(5-2)16(20)14-10-15(12-17-11-14)19-8-6-13(3)7-9-19/h10-13H,4-9H2,1-3H3. The summed E-state index contributed by atoms with van der Waals surface area (Å²) in [4.78, 5) is 20.8. The molecule has 110 valence electrons. The van der Waals surface area contributed by atoms with Crippen LogP contribution >= 0.6 is 0 Å². The summed E-state index contributed by atoms with van der Waals surface area (Å²) < 4.78 is 0. The predicted molar refractivity (Wildman–Crippen MR) is 82.1 cm³/mol. The van der Waals surface area contributed by atoms with Crippen molar-refractivity contribution in [3.8, 4) is 0 Å². The molecule has 1 aromatic heterocycles. The lowest BCUT2D eigenvalue weighted by Gasteiger charge is -2.32. The van der Waals surface area contributed by atoms with Crippen molar-refractivity contribution >= 4 is 11.6 Å². The lowest BCUT2D eigenvalue weighted by molar-refractivity contribution is 0.0772.